The van der Waals surface area contributed by atoms with Crippen molar-refractivity contribution >= 4 is 11.8 Å². The summed E-state index contributed by atoms with van der Waals surface area (Å²) in [6.45, 7) is 3.89. The first kappa shape index (κ1) is 15.2. The molecule has 0 radical (unpaired) electrons. The zero-order valence-corrected chi connectivity index (χ0v) is 11.0. The predicted octanol–water partition coefficient (Wildman–Crippen LogP) is 0.759. The van der Waals surface area contributed by atoms with E-state index >= 15 is 0 Å². The van der Waals surface area contributed by atoms with Gasteiger partial charge in [0.1, 0.15) is 18.5 Å². The molecule has 7 nitrogen and oxygen atoms in total. The summed E-state index contributed by atoms with van der Waals surface area (Å²) in [5.41, 5.74) is 0. The highest BCUT2D eigenvalue weighted by molar-refractivity contribution is 5.76. The van der Waals surface area contributed by atoms with E-state index in [0.717, 1.165) is 0 Å². The molecule has 3 N–H and O–H groups in total. The molecule has 0 spiro atoms. The second-order valence-corrected chi connectivity index (χ2v) is 4.48. The van der Waals surface area contributed by atoms with E-state index in [-0.39, 0.29) is 25.0 Å². The van der Waals surface area contributed by atoms with Crippen LogP contribution in [0.5, 0.6) is 5.88 Å². The van der Waals surface area contributed by atoms with Crippen molar-refractivity contribution in [1.82, 2.24) is 9.97 Å². The standard InChI is InChI=1S/C12H19N3O4/c1-8(2)5-9(12(17)18)14-10-6-13-7-11(15-10)19-4-3-16/h6-9,16H,3-5H2,1-2H3,(H,14,15)(H,17,18). The summed E-state index contributed by atoms with van der Waals surface area (Å²) in [4.78, 5) is 19.1. The molecule has 0 amide bonds. The molecule has 0 bridgehead atoms. The van der Waals surface area contributed by atoms with Gasteiger partial charge in [0.05, 0.1) is 19.0 Å². The van der Waals surface area contributed by atoms with Crippen LogP contribution in [0.15, 0.2) is 12.4 Å². The van der Waals surface area contributed by atoms with E-state index in [2.05, 4.69) is 15.3 Å². The van der Waals surface area contributed by atoms with E-state index in [1.165, 1.54) is 12.4 Å². The van der Waals surface area contributed by atoms with E-state index in [0.29, 0.717) is 12.2 Å². The number of hydrogen-bond acceptors (Lipinski definition) is 6. The molecule has 0 aliphatic carbocycles. The van der Waals surface area contributed by atoms with Crippen LogP contribution in [0.1, 0.15) is 20.3 Å². The fourth-order valence-electron chi connectivity index (χ4n) is 1.51. The molecule has 1 aromatic rings. The summed E-state index contributed by atoms with van der Waals surface area (Å²) in [6, 6.07) is -0.720. The quantitative estimate of drug-likeness (QED) is 0.639. The molecule has 7 heteroatoms. The Labute approximate surface area is 111 Å². The number of carbonyl (C=O) groups is 1. The number of carboxylic acid groups (broad SMARTS) is 1. The molecule has 0 saturated carbocycles. The molecule has 1 unspecified atom stereocenters. The topological polar surface area (TPSA) is 105 Å². The Morgan fingerprint density at radius 2 is 2.21 bits per heavy atom. The van der Waals surface area contributed by atoms with Crippen molar-refractivity contribution in [2.24, 2.45) is 5.92 Å². The Balaban J connectivity index is 2.70. The maximum atomic E-state index is 11.1. The minimum atomic E-state index is -0.933. The smallest absolute Gasteiger partial charge is 0.326 e. The fraction of sp³-hybridized carbons (Fsp3) is 0.583. The Morgan fingerprint density at radius 3 is 2.79 bits per heavy atom. The number of aliphatic hydroxyl groups excluding tert-OH is 1. The molecule has 0 aromatic carbocycles. The molecule has 1 atom stereocenters. The van der Waals surface area contributed by atoms with Gasteiger partial charge in [-0.1, -0.05) is 13.8 Å². The highest BCUT2D eigenvalue weighted by atomic mass is 16.5. The van der Waals surface area contributed by atoms with Gasteiger partial charge >= 0.3 is 5.97 Å². The summed E-state index contributed by atoms with van der Waals surface area (Å²) < 4.78 is 5.11. The first-order valence-corrected chi connectivity index (χ1v) is 6.08. The molecule has 1 heterocycles. The van der Waals surface area contributed by atoms with Crippen molar-refractivity contribution in [3.63, 3.8) is 0 Å². The van der Waals surface area contributed by atoms with Gasteiger partial charge in [-0.2, -0.15) is 4.98 Å². The highest BCUT2D eigenvalue weighted by Gasteiger charge is 2.19. The van der Waals surface area contributed by atoms with Crippen molar-refractivity contribution in [2.75, 3.05) is 18.5 Å². The van der Waals surface area contributed by atoms with Crippen LogP contribution in [0, 0.1) is 5.92 Å². The van der Waals surface area contributed by atoms with Crippen LogP contribution in [0.4, 0.5) is 5.82 Å². The number of hydrogen-bond donors (Lipinski definition) is 3. The number of anilines is 1. The van der Waals surface area contributed by atoms with Gasteiger partial charge in [0.25, 0.3) is 0 Å². The van der Waals surface area contributed by atoms with E-state index in [4.69, 9.17) is 14.9 Å². The minimum Gasteiger partial charge on any atom is -0.480 e. The maximum absolute atomic E-state index is 11.1. The molecule has 0 aliphatic heterocycles. The van der Waals surface area contributed by atoms with Gasteiger partial charge in [-0.3, -0.25) is 4.98 Å². The van der Waals surface area contributed by atoms with Crippen LogP contribution in [-0.4, -0.2) is 45.4 Å². The SMILES string of the molecule is CC(C)CC(Nc1cncc(OCCO)n1)C(=O)O. The lowest BCUT2D eigenvalue weighted by Crippen LogP contribution is -2.31. The van der Waals surface area contributed by atoms with Crippen LogP contribution in [0.2, 0.25) is 0 Å². The Morgan fingerprint density at radius 1 is 1.47 bits per heavy atom. The summed E-state index contributed by atoms with van der Waals surface area (Å²) >= 11 is 0. The number of ether oxygens (including phenoxy) is 1. The molecule has 0 fully saturated rings. The Bertz CT molecular complexity index is 412. The molecule has 0 aliphatic rings. The van der Waals surface area contributed by atoms with E-state index in [9.17, 15) is 4.79 Å². The molecule has 19 heavy (non-hydrogen) atoms. The van der Waals surface area contributed by atoms with Crippen molar-refractivity contribution < 1.29 is 19.7 Å². The number of nitrogens with zero attached hydrogens (tertiary/aromatic N) is 2. The van der Waals surface area contributed by atoms with Gasteiger partial charge < -0.3 is 20.3 Å². The molecule has 106 valence electrons. The van der Waals surface area contributed by atoms with Gasteiger partial charge in [0.15, 0.2) is 0 Å². The largest absolute Gasteiger partial charge is 0.480 e. The monoisotopic (exact) mass is 269 g/mol. The molecular formula is C12H19N3O4. The summed E-state index contributed by atoms with van der Waals surface area (Å²) in [7, 11) is 0. The van der Waals surface area contributed by atoms with Crippen molar-refractivity contribution in [2.45, 2.75) is 26.3 Å². The average Bonchev–Trinajstić information content (AvgIpc) is 2.35. The number of nitrogens with one attached hydrogen (secondary N) is 1. The van der Waals surface area contributed by atoms with Gasteiger partial charge in [-0.25, -0.2) is 4.79 Å². The molecular weight excluding hydrogens is 250 g/mol. The number of rotatable bonds is 8. The number of aliphatic carboxylic acids is 1. The third kappa shape index (κ3) is 5.52. The first-order chi connectivity index (χ1) is 9.02. The third-order valence-electron chi connectivity index (χ3n) is 2.28. The highest BCUT2D eigenvalue weighted by Crippen LogP contribution is 2.13. The summed E-state index contributed by atoms with van der Waals surface area (Å²) in [5, 5.41) is 20.6. The molecule has 1 aromatic heterocycles. The van der Waals surface area contributed by atoms with Crippen molar-refractivity contribution in [3.8, 4) is 5.88 Å². The number of aliphatic hydroxyl groups is 1. The van der Waals surface area contributed by atoms with Crippen molar-refractivity contribution in [1.29, 1.82) is 0 Å². The van der Waals surface area contributed by atoms with E-state index < -0.39 is 12.0 Å². The van der Waals surface area contributed by atoms with Crippen LogP contribution >= 0.6 is 0 Å². The average molecular weight is 269 g/mol. The lowest BCUT2D eigenvalue weighted by molar-refractivity contribution is -0.138. The fourth-order valence-corrected chi connectivity index (χ4v) is 1.51. The van der Waals surface area contributed by atoms with Crippen LogP contribution < -0.4 is 10.1 Å². The van der Waals surface area contributed by atoms with E-state index in [1.54, 1.807) is 0 Å². The predicted molar refractivity (Wildman–Crippen MR) is 69.1 cm³/mol. The zero-order chi connectivity index (χ0) is 14.3. The second kappa shape index (κ2) is 7.52. The van der Waals surface area contributed by atoms with Gasteiger partial charge in [0, 0.05) is 0 Å². The summed E-state index contributed by atoms with van der Waals surface area (Å²) in [5.74, 6) is -0.108. The second-order valence-electron chi connectivity index (χ2n) is 4.48. The first-order valence-electron chi connectivity index (χ1n) is 6.08. The number of carboxylic acids is 1. The van der Waals surface area contributed by atoms with Crippen LogP contribution in [0.3, 0.4) is 0 Å². The van der Waals surface area contributed by atoms with Gasteiger partial charge in [0.2, 0.25) is 5.88 Å². The lowest BCUT2D eigenvalue weighted by atomic mass is 10.0. The number of aromatic nitrogens is 2. The van der Waals surface area contributed by atoms with E-state index in [1.807, 2.05) is 13.8 Å². The summed E-state index contributed by atoms with van der Waals surface area (Å²) in [6.07, 6.45) is 3.32. The van der Waals surface area contributed by atoms with Crippen LogP contribution in [0.25, 0.3) is 0 Å². The third-order valence-corrected chi connectivity index (χ3v) is 2.28. The Kier molecular flexibility index (Phi) is 6.01. The molecule has 1 rings (SSSR count). The normalized spacial score (nSPS) is 12.2. The van der Waals surface area contributed by atoms with Gasteiger partial charge in [-0.15, -0.1) is 0 Å². The molecule has 0 saturated heterocycles. The lowest BCUT2D eigenvalue weighted by Gasteiger charge is -2.17. The maximum Gasteiger partial charge on any atom is 0.326 e. The Hall–Kier alpha value is -1.89. The zero-order valence-electron chi connectivity index (χ0n) is 11.0. The van der Waals surface area contributed by atoms with Gasteiger partial charge in [-0.05, 0) is 12.3 Å². The van der Waals surface area contributed by atoms with Crippen LogP contribution in [-0.2, 0) is 4.79 Å². The minimum absolute atomic E-state index is 0.118. The van der Waals surface area contributed by atoms with Crippen molar-refractivity contribution in [3.05, 3.63) is 12.4 Å².